The van der Waals surface area contributed by atoms with E-state index in [1.807, 2.05) is 25.1 Å². The van der Waals surface area contributed by atoms with E-state index >= 15 is 0 Å². The van der Waals surface area contributed by atoms with Crippen LogP contribution in [0.1, 0.15) is 23.7 Å². The molecule has 13 heavy (non-hydrogen) atoms. The summed E-state index contributed by atoms with van der Waals surface area (Å²) in [5.74, 6) is 0. The van der Waals surface area contributed by atoms with Gasteiger partial charge in [0.2, 0.25) is 0 Å². The van der Waals surface area contributed by atoms with E-state index in [9.17, 15) is 5.11 Å². The Morgan fingerprint density at radius 1 is 1.54 bits per heavy atom. The first-order chi connectivity index (χ1) is 6.15. The zero-order valence-corrected chi connectivity index (χ0v) is 9.21. The molecule has 0 bridgehead atoms. The number of nitrogens with two attached hydrogens (primary N) is 1. The monoisotopic (exact) mass is 243 g/mol. The number of aliphatic hydroxyl groups excluding tert-OH is 1. The van der Waals surface area contributed by atoms with Crippen LogP contribution in [0.2, 0.25) is 0 Å². The van der Waals surface area contributed by atoms with Crippen LogP contribution < -0.4 is 5.73 Å². The molecule has 0 unspecified atom stereocenters. The van der Waals surface area contributed by atoms with Gasteiger partial charge in [0.15, 0.2) is 0 Å². The Hall–Kier alpha value is -0.380. The highest BCUT2D eigenvalue weighted by molar-refractivity contribution is 9.10. The molecule has 72 valence electrons. The van der Waals surface area contributed by atoms with Gasteiger partial charge in [-0.1, -0.05) is 22.0 Å². The largest absolute Gasteiger partial charge is 0.388 e. The summed E-state index contributed by atoms with van der Waals surface area (Å²) in [6, 6.07) is 5.89. The molecule has 1 rings (SSSR count). The first-order valence-corrected chi connectivity index (χ1v) is 5.08. The molecule has 0 radical (unpaired) electrons. The Morgan fingerprint density at radius 3 is 2.85 bits per heavy atom. The molecule has 0 saturated carbocycles. The summed E-state index contributed by atoms with van der Waals surface area (Å²) in [5, 5.41) is 9.72. The first-order valence-electron chi connectivity index (χ1n) is 4.29. The quantitative estimate of drug-likeness (QED) is 0.855. The van der Waals surface area contributed by atoms with E-state index in [0.717, 1.165) is 15.6 Å². The minimum Gasteiger partial charge on any atom is -0.388 e. The van der Waals surface area contributed by atoms with Crippen molar-refractivity contribution in [2.45, 2.75) is 19.4 Å². The highest BCUT2D eigenvalue weighted by Crippen LogP contribution is 2.23. The number of benzene rings is 1. The van der Waals surface area contributed by atoms with Crippen molar-refractivity contribution in [2.75, 3.05) is 6.54 Å². The first kappa shape index (κ1) is 10.7. The molecule has 1 aromatic carbocycles. The molecule has 0 fully saturated rings. The minimum absolute atomic E-state index is 0.442. The van der Waals surface area contributed by atoms with Crippen molar-refractivity contribution in [3.05, 3.63) is 33.8 Å². The van der Waals surface area contributed by atoms with Gasteiger partial charge in [-0.2, -0.15) is 0 Å². The molecular formula is C10H14BrNO. The van der Waals surface area contributed by atoms with Gasteiger partial charge in [-0.15, -0.1) is 0 Å². The van der Waals surface area contributed by atoms with Crippen molar-refractivity contribution >= 4 is 15.9 Å². The Bertz CT molecular complexity index is 288. The van der Waals surface area contributed by atoms with Crippen molar-refractivity contribution in [1.29, 1.82) is 0 Å². The molecule has 0 aliphatic heterocycles. The number of hydrogen-bond donors (Lipinski definition) is 2. The average Bonchev–Trinajstić information content (AvgIpc) is 2.09. The molecule has 3 N–H and O–H groups in total. The fourth-order valence-corrected chi connectivity index (χ4v) is 1.66. The van der Waals surface area contributed by atoms with E-state index in [2.05, 4.69) is 15.9 Å². The lowest BCUT2D eigenvalue weighted by Crippen LogP contribution is -2.07. The fourth-order valence-electron chi connectivity index (χ4n) is 1.28. The lowest BCUT2D eigenvalue weighted by Gasteiger charge is -2.12. The predicted molar refractivity (Wildman–Crippen MR) is 57.5 cm³/mol. The summed E-state index contributed by atoms with van der Waals surface area (Å²) in [4.78, 5) is 0. The Balaban J connectivity index is 2.91. The summed E-state index contributed by atoms with van der Waals surface area (Å²) in [6.07, 6.45) is 0.166. The molecule has 0 aliphatic carbocycles. The second-order valence-corrected chi connectivity index (χ2v) is 4.01. The Kier molecular flexibility index (Phi) is 3.90. The van der Waals surface area contributed by atoms with E-state index in [0.29, 0.717) is 13.0 Å². The van der Waals surface area contributed by atoms with E-state index in [4.69, 9.17) is 5.73 Å². The highest BCUT2D eigenvalue weighted by Gasteiger charge is 2.09. The van der Waals surface area contributed by atoms with Crippen LogP contribution in [-0.2, 0) is 0 Å². The molecular weight excluding hydrogens is 230 g/mol. The maximum absolute atomic E-state index is 9.72. The van der Waals surface area contributed by atoms with Gasteiger partial charge in [-0.05, 0) is 43.1 Å². The normalized spacial score (nSPS) is 12.9. The molecule has 0 saturated heterocycles. The number of rotatable bonds is 3. The molecule has 1 atom stereocenters. The number of halogens is 1. The van der Waals surface area contributed by atoms with Gasteiger partial charge in [-0.25, -0.2) is 0 Å². The second-order valence-electron chi connectivity index (χ2n) is 3.09. The summed E-state index contributed by atoms with van der Waals surface area (Å²) < 4.78 is 0.990. The molecule has 0 aromatic heterocycles. The van der Waals surface area contributed by atoms with Crippen molar-refractivity contribution < 1.29 is 5.11 Å². The molecule has 2 nitrogen and oxygen atoms in total. The van der Waals surface area contributed by atoms with Crippen LogP contribution in [0.5, 0.6) is 0 Å². The lowest BCUT2D eigenvalue weighted by atomic mass is 10.0. The Labute approximate surface area is 86.9 Å². The van der Waals surface area contributed by atoms with Gasteiger partial charge in [0.05, 0.1) is 6.10 Å². The third-order valence-corrected chi connectivity index (χ3v) is 2.53. The van der Waals surface area contributed by atoms with Gasteiger partial charge >= 0.3 is 0 Å². The second kappa shape index (κ2) is 4.74. The van der Waals surface area contributed by atoms with Crippen LogP contribution in [0.15, 0.2) is 22.7 Å². The van der Waals surface area contributed by atoms with Crippen molar-refractivity contribution in [3.63, 3.8) is 0 Å². The summed E-state index contributed by atoms with van der Waals surface area (Å²) in [6.45, 7) is 2.49. The molecule has 3 heteroatoms. The average molecular weight is 244 g/mol. The molecule has 0 spiro atoms. The van der Waals surface area contributed by atoms with Gasteiger partial charge < -0.3 is 10.8 Å². The van der Waals surface area contributed by atoms with Crippen molar-refractivity contribution in [1.82, 2.24) is 0 Å². The van der Waals surface area contributed by atoms with E-state index < -0.39 is 6.10 Å². The zero-order chi connectivity index (χ0) is 9.84. The van der Waals surface area contributed by atoms with Crippen LogP contribution >= 0.6 is 15.9 Å². The zero-order valence-electron chi connectivity index (χ0n) is 7.63. The predicted octanol–water partition coefficient (Wildman–Crippen LogP) is 2.14. The van der Waals surface area contributed by atoms with Crippen LogP contribution in [-0.4, -0.2) is 11.7 Å². The van der Waals surface area contributed by atoms with Gasteiger partial charge in [0, 0.05) is 4.47 Å². The molecule has 0 heterocycles. The molecule has 0 amide bonds. The van der Waals surface area contributed by atoms with E-state index in [-0.39, 0.29) is 0 Å². The lowest BCUT2D eigenvalue weighted by molar-refractivity contribution is 0.169. The van der Waals surface area contributed by atoms with Gasteiger partial charge in [0.25, 0.3) is 0 Å². The summed E-state index contributed by atoms with van der Waals surface area (Å²) in [7, 11) is 0. The van der Waals surface area contributed by atoms with Crippen LogP contribution in [0.3, 0.4) is 0 Å². The smallest absolute Gasteiger partial charge is 0.0805 e. The standard InChI is InChI=1S/C10H14BrNO/c1-7-2-3-8(11)6-9(7)10(13)4-5-12/h2-3,6,10,13H,4-5,12H2,1H3/t10-/m0/s1. The number of aryl methyl sites for hydroxylation is 1. The number of aliphatic hydroxyl groups is 1. The van der Waals surface area contributed by atoms with E-state index in [1.54, 1.807) is 0 Å². The third-order valence-electron chi connectivity index (χ3n) is 2.04. The number of hydrogen-bond acceptors (Lipinski definition) is 2. The molecule has 1 aromatic rings. The summed E-state index contributed by atoms with van der Waals surface area (Å²) >= 11 is 3.37. The van der Waals surface area contributed by atoms with Gasteiger partial charge in [-0.3, -0.25) is 0 Å². The maximum Gasteiger partial charge on any atom is 0.0805 e. The highest BCUT2D eigenvalue weighted by atomic mass is 79.9. The SMILES string of the molecule is Cc1ccc(Br)cc1[C@@H](O)CCN. The van der Waals surface area contributed by atoms with Crippen molar-refractivity contribution in [2.24, 2.45) is 5.73 Å². The summed E-state index contributed by atoms with van der Waals surface area (Å²) in [5.41, 5.74) is 7.44. The Morgan fingerprint density at radius 2 is 2.23 bits per heavy atom. The fraction of sp³-hybridized carbons (Fsp3) is 0.400. The van der Waals surface area contributed by atoms with E-state index in [1.165, 1.54) is 0 Å². The topological polar surface area (TPSA) is 46.2 Å². The van der Waals surface area contributed by atoms with Crippen LogP contribution in [0, 0.1) is 6.92 Å². The van der Waals surface area contributed by atoms with Crippen LogP contribution in [0.4, 0.5) is 0 Å². The van der Waals surface area contributed by atoms with Gasteiger partial charge in [0.1, 0.15) is 0 Å². The third kappa shape index (κ3) is 2.79. The van der Waals surface area contributed by atoms with Crippen molar-refractivity contribution in [3.8, 4) is 0 Å². The van der Waals surface area contributed by atoms with Crippen LogP contribution in [0.25, 0.3) is 0 Å². The minimum atomic E-state index is -0.442. The molecule has 0 aliphatic rings. The maximum atomic E-state index is 9.72.